The number of anilines is 1. The number of ether oxygens (including phenoxy) is 1. The number of nitrogens with zero attached hydrogens (tertiary/aromatic N) is 1. The lowest BCUT2D eigenvalue weighted by molar-refractivity contribution is -0.142. The summed E-state index contributed by atoms with van der Waals surface area (Å²) in [6.45, 7) is 3.87. The van der Waals surface area contributed by atoms with Gasteiger partial charge >= 0.3 is 5.97 Å². The Morgan fingerprint density at radius 2 is 2.19 bits per heavy atom. The van der Waals surface area contributed by atoms with Crippen LogP contribution in [0.2, 0.25) is 5.02 Å². The molecule has 0 amide bonds. The van der Waals surface area contributed by atoms with E-state index in [1.54, 1.807) is 12.1 Å². The van der Waals surface area contributed by atoms with E-state index < -0.39 is 6.04 Å². The van der Waals surface area contributed by atoms with Gasteiger partial charge < -0.3 is 10.1 Å². The van der Waals surface area contributed by atoms with E-state index in [-0.39, 0.29) is 11.9 Å². The second kappa shape index (κ2) is 5.70. The van der Waals surface area contributed by atoms with Gasteiger partial charge in [-0.2, -0.15) is 0 Å². The zero-order chi connectivity index (χ0) is 12.1. The molecule has 0 fully saturated rings. The SMILES string of the molecule is COC(=O)C(Nc1ccc(Cl)cn1)C(C)C. The highest BCUT2D eigenvalue weighted by Crippen LogP contribution is 2.14. The van der Waals surface area contributed by atoms with Gasteiger partial charge in [0.05, 0.1) is 12.1 Å². The Balaban J connectivity index is 2.75. The molecule has 0 spiro atoms. The lowest BCUT2D eigenvalue weighted by Crippen LogP contribution is -2.35. The van der Waals surface area contributed by atoms with Crippen LogP contribution in [-0.2, 0) is 9.53 Å². The van der Waals surface area contributed by atoms with Crippen LogP contribution in [0.25, 0.3) is 0 Å². The van der Waals surface area contributed by atoms with Crippen molar-refractivity contribution in [3.05, 3.63) is 23.4 Å². The number of hydrogen-bond acceptors (Lipinski definition) is 4. The third-order valence-electron chi connectivity index (χ3n) is 2.15. The summed E-state index contributed by atoms with van der Waals surface area (Å²) in [5.74, 6) is 0.421. The summed E-state index contributed by atoms with van der Waals surface area (Å²) in [5.41, 5.74) is 0. The van der Waals surface area contributed by atoms with Crippen molar-refractivity contribution in [2.24, 2.45) is 5.92 Å². The van der Waals surface area contributed by atoms with E-state index in [0.29, 0.717) is 10.8 Å². The Morgan fingerprint density at radius 1 is 1.50 bits per heavy atom. The van der Waals surface area contributed by atoms with Crippen LogP contribution in [0.15, 0.2) is 18.3 Å². The molecule has 0 aliphatic carbocycles. The fourth-order valence-corrected chi connectivity index (χ4v) is 1.36. The predicted molar refractivity (Wildman–Crippen MR) is 63.5 cm³/mol. The fraction of sp³-hybridized carbons (Fsp3) is 0.455. The summed E-state index contributed by atoms with van der Waals surface area (Å²) >= 11 is 5.72. The number of aromatic nitrogens is 1. The normalized spacial score (nSPS) is 12.3. The first kappa shape index (κ1) is 12.8. The van der Waals surface area contributed by atoms with Crippen molar-refractivity contribution in [2.75, 3.05) is 12.4 Å². The number of hydrogen-bond donors (Lipinski definition) is 1. The highest BCUT2D eigenvalue weighted by Gasteiger charge is 2.22. The number of carbonyl (C=O) groups excluding carboxylic acids is 1. The molecule has 0 saturated heterocycles. The second-order valence-electron chi connectivity index (χ2n) is 3.75. The highest BCUT2D eigenvalue weighted by molar-refractivity contribution is 6.30. The predicted octanol–water partition coefficient (Wildman–Crippen LogP) is 2.34. The van der Waals surface area contributed by atoms with Crippen LogP contribution >= 0.6 is 11.6 Å². The monoisotopic (exact) mass is 242 g/mol. The van der Waals surface area contributed by atoms with Crippen LogP contribution < -0.4 is 5.32 Å². The molecule has 0 saturated carbocycles. The molecule has 1 heterocycles. The maximum Gasteiger partial charge on any atom is 0.328 e. The van der Waals surface area contributed by atoms with Gasteiger partial charge in [-0.3, -0.25) is 0 Å². The number of nitrogens with one attached hydrogen (secondary N) is 1. The molecule has 1 atom stereocenters. The molecule has 0 aromatic carbocycles. The first-order valence-electron chi connectivity index (χ1n) is 5.00. The summed E-state index contributed by atoms with van der Waals surface area (Å²) in [6, 6.07) is 3.03. The second-order valence-corrected chi connectivity index (χ2v) is 4.19. The largest absolute Gasteiger partial charge is 0.467 e. The molecule has 4 nitrogen and oxygen atoms in total. The van der Waals surface area contributed by atoms with Crippen molar-refractivity contribution in [3.8, 4) is 0 Å². The summed E-state index contributed by atoms with van der Waals surface area (Å²) in [5, 5.41) is 3.57. The molecule has 0 aliphatic heterocycles. The molecular weight excluding hydrogens is 228 g/mol. The summed E-state index contributed by atoms with van der Waals surface area (Å²) < 4.78 is 4.71. The number of rotatable bonds is 4. The van der Waals surface area contributed by atoms with Gasteiger partial charge in [0.2, 0.25) is 0 Å². The zero-order valence-corrected chi connectivity index (χ0v) is 10.3. The number of methoxy groups -OCH3 is 1. The van der Waals surface area contributed by atoms with E-state index in [1.807, 2.05) is 13.8 Å². The smallest absolute Gasteiger partial charge is 0.328 e. The van der Waals surface area contributed by atoms with Crippen LogP contribution in [0.4, 0.5) is 5.82 Å². The van der Waals surface area contributed by atoms with E-state index >= 15 is 0 Å². The Morgan fingerprint density at radius 3 is 2.62 bits per heavy atom. The minimum atomic E-state index is -0.404. The fourth-order valence-electron chi connectivity index (χ4n) is 1.25. The van der Waals surface area contributed by atoms with Crippen molar-refractivity contribution in [1.29, 1.82) is 0 Å². The lowest BCUT2D eigenvalue weighted by atomic mass is 10.0. The van der Waals surface area contributed by atoms with Gasteiger partial charge in [-0.05, 0) is 18.1 Å². The summed E-state index contributed by atoms with van der Waals surface area (Å²) in [6.07, 6.45) is 1.53. The first-order chi connectivity index (χ1) is 7.54. The number of pyridine rings is 1. The molecule has 88 valence electrons. The maximum absolute atomic E-state index is 11.5. The van der Waals surface area contributed by atoms with Crippen molar-refractivity contribution < 1.29 is 9.53 Å². The van der Waals surface area contributed by atoms with E-state index in [1.165, 1.54) is 13.3 Å². The molecule has 16 heavy (non-hydrogen) atoms. The van der Waals surface area contributed by atoms with Crippen LogP contribution in [-0.4, -0.2) is 24.1 Å². The van der Waals surface area contributed by atoms with Crippen molar-refractivity contribution in [3.63, 3.8) is 0 Å². The van der Waals surface area contributed by atoms with Gasteiger partial charge in [0.1, 0.15) is 11.9 Å². The van der Waals surface area contributed by atoms with Gasteiger partial charge in [0.25, 0.3) is 0 Å². The average molecular weight is 243 g/mol. The van der Waals surface area contributed by atoms with Crippen LogP contribution in [0.3, 0.4) is 0 Å². The summed E-state index contributed by atoms with van der Waals surface area (Å²) in [7, 11) is 1.37. The van der Waals surface area contributed by atoms with Gasteiger partial charge in [0.15, 0.2) is 0 Å². The number of esters is 1. The number of halogens is 1. The zero-order valence-electron chi connectivity index (χ0n) is 9.53. The third-order valence-corrected chi connectivity index (χ3v) is 2.38. The average Bonchev–Trinajstić information content (AvgIpc) is 2.27. The van der Waals surface area contributed by atoms with E-state index in [4.69, 9.17) is 16.3 Å². The van der Waals surface area contributed by atoms with E-state index in [9.17, 15) is 4.79 Å². The van der Waals surface area contributed by atoms with Crippen molar-refractivity contribution in [1.82, 2.24) is 4.98 Å². The van der Waals surface area contributed by atoms with Crippen LogP contribution in [0.5, 0.6) is 0 Å². The van der Waals surface area contributed by atoms with Crippen LogP contribution in [0, 0.1) is 5.92 Å². The number of carbonyl (C=O) groups is 1. The molecule has 0 bridgehead atoms. The third kappa shape index (κ3) is 3.38. The van der Waals surface area contributed by atoms with E-state index in [0.717, 1.165) is 0 Å². The van der Waals surface area contributed by atoms with Gasteiger partial charge in [-0.25, -0.2) is 9.78 Å². The van der Waals surface area contributed by atoms with Crippen molar-refractivity contribution >= 4 is 23.4 Å². The van der Waals surface area contributed by atoms with Gasteiger partial charge in [-0.15, -0.1) is 0 Å². The Kier molecular flexibility index (Phi) is 4.55. The molecule has 0 aliphatic rings. The van der Waals surface area contributed by atoms with Crippen LogP contribution in [0.1, 0.15) is 13.8 Å². The minimum Gasteiger partial charge on any atom is -0.467 e. The molecule has 1 N–H and O–H groups in total. The Bertz CT molecular complexity index is 352. The minimum absolute atomic E-state index is 0.116. The molecule has 1 unspecified atom stereocenters. The van der Waals surface area contributed by atoms with Crippen molar-refractivity contribution in [2.45, 2.75) is 19.9 Å². The maximum atomic E-state index is 11.5. The topological polar surface area (TPSA) is 51.2 Å². The molecule has 5 heteroatoms. The summed E-state index contributed by atoms with van der Waals surface area (Å²) in [4.78, 5) is 15.6. The van der Waals surface area contributed by atoms with Gasteiger partial charge in [-0.1, -0.05) is 25.4 Å². The molecule has 1 aromatic heterocycles. The molecule has 1 rings (SSSR count). The molecular formula is C11H15ClN2O2. The Hall–Kier alpha value is -1.29. The first-order valence-corrected chi connectivity index (χ1v) is 5.38. The lowest BCUT2D eigenvalue weighted by Gasteiger charge is -2.20. The quantitative estimate of drug-likeness (QED) is 0.824. The standard InChI is InChI=1S/C11H15ClN2O2/c1-7(2)10(11(15)16-3)14-9-5-4-8(12)6-13-9/h4-7,10H,1-3H3,(H,13,14). The molecule has 0 radical (unpaired) electrons. The molecule has 1 aromatic rings. The van der Waals surface area contributed by atoms with Gasteiger partial charge in [0, 0.05) is 6.20 Å². The Labute approximate surface area is 100.0 Å². The highest BCUT2D eigenvalue weighted by atomic mass is 35.5. The van der Waals surface area contributed by atoms with E-state index in [2.05, 4.69) is 10.3 Å².